The highest BCUT2D eigenvalue weighted by Gasteiger charge is 2.59. The van der Waals surface area contributed by atoms with Crippen molar-refractivity contribution in [2.45, 2.75) is 84.2 Å². The minimum Gasteiger partial charge on any atom is -0.381 e. The van der Waals surface area contributed by atoms with Crippen LogP contribution in [0.2, 0.25) is 0 Å². The standard InChI is InChI=1S/C20H34O/c1-19-12-9-16-15(18(19)17(21-3)10-13-19)8-7-14-6-4-5-11-20(14,16)2/h14-18H,4-13H2,1-3H3/t14-,15+,16-,17?,18+,19+,20-/m0/s1. The van der Waals surface area contributed by atoms with Gasteiger partial charge in [0, 0.05) is 7.11 Å². The second-order valence-corrected chi connectivity index (χ2v) is 9.33. The Morgan fingerprint density at radius 2 is 1.67 bits per heavy atom. The number of rotatable bonds is 1. The Labute approximate surface area is 131 Å². The van der Waals surface area contributed by atoms with Gasteiger partial charge in [0.05, 0.1) is 6.10 Å². The normalized spacial score (nSPS) is 56.4. The molecule has 0 spiro atoms. The molecule has 1 unspecified atom stereocenters. The molecule has 0 aromatic heterocycles. The highest BCUT2D eigenvalue weighted by Crippen LogP contribution is 2.66. The van der Waals surface area contributed by atoms with Crippen molar-refractivity contribution in [1.29, 1.82) is 0 Å². The first-order chi connectivity index (χ1) is 10.1. The van der Waals surface area contributed by atoms with Crippen LogP contribution in [0.1, 0.15) is 78.1 Å². The van der Waals surface area contributed by atoms with Gasteiger partial charge in [0.1, 0.15) is 0 Å². The molecule has 4 aliphatic carbocycles. The molecule has 120 valence electrons. The maximum Gasteiger partial charge on any atom is 0.0607 e. The summed E-state index contributed by atoms with van der Waals surface area (Å²) in [6.07, 6.45) is 15.3. The van der Waals surface area contributed by atoms with Crippen molar-refractivity contribution in [3.8, 4) is 0 Å². The minimum absolute atomic E-state index is 0.562. The Morgan fingerprint density at radius 1 is 0.857 bits per heavy atom. The van der Waals surface area contributed by atoms with E-state index in [-0.39, 0.29) is 0 Å². The summed E-state index contributed by atoms with van der Waals surface area (Å²) in [4.78, 5) is 0. The number of ether oxygens (including phenoxy) is 1. The first-order valence-electron chi connectivity index (χ1n) is 9.61. The van der Waals surface area contributed by atoms with E-state index in [1.54, 1.807) is 0 Å². The second kappa shape index (κ2) is 4.98. The van der Waals surface area contributed by atoms with Crippen molar-refractivity contribution in [2.24, 2.45) is 34.5 Å². The molecule has 1 heteroatoms. The summed E-state index contributed by atoms with van der Waals surface area (Å²) in [5, 5.41) is 0. The molecule has 4 saturated carbocycles. The van der Waals surface area contributed by atoms with Crippen molar-refractivity contribution >= 4 is 0 Å². The molecule has 1 nitrogen and oxygen atoms in total. The van der Waals surface area contributed by atoms with Crippen molar-refractivity contribution in [3.63, 3.8) is 0 Å². The lowest BCUT2D eigenvalue weighted by atomic mass is 9.45. The zero-order chi connectivity index (χ0) is 14.7. The molecule has 0 amide bonds. The van der Waals surface area contributed by atoms with Gasteiger partial charge in [0.2, 0.25) is 0 Å². The van der Waals surface area contributed by atoms with E-state index < -0.39 is 0 Å². The predicted octanol–water partition coefficient (Wildman–Crippen LogP) is 5.43. The molecule has 0 aromatic rings. The van der Waals surface area contributed by atoms with Gasteiger partial charge in [-0.25, -0.2) is 0 Å². The van der Waals surface area contributed by atoms with Gasteiger partial charge >= 0.3 is 0 Å². The Hall–Kier alpha value is -0.0400. The van der Waals surface area contributed by atoms with Gasteiger partial charge in [-0.3, -0.25) is 0 Å². The Bertz CT molecular complexity index is 405. The first-order valence-corrected chi connectivity index (χ1v) is 9.61. The summed E-state index contributed by atoms with van der Waals surface area (Å²) in [6, 6.07) is 0. The van der Waals surface area contributed by atoms with Crippen LogP contribution in [0, 0.1) is 34.5 Å². The van der Waals surface area contributed by atoms with Crippen molar-refractivity contribution in [2.75, 3.05) is 7.11 Å². The third kappa shape index (κ3) is 1.98. The van der Waals surface area contributed by atoms with E-state index in [1.807, 2.05) is 7.11 Å². The third-order valence-electron chi connectivity index (χ3n) is 8.66. The zero-order valence-corrected chi connectivity index (χ0v) is 14.4. The highest BCUT2D eigenvalue weighted by atomic mass is 16.5. The molecule has 4 aliphatic rings. The second-order valence-electron chi connectivity index (χ2n) is 9.33. The van der Waals surface area contributed by atoms with E-state index in [4.69, 9.17) is 4.74 Å². The van der Waals surface area contributed by atoms with Gasteiger partial charge in [-0.2, -0.15) is 0 Å². The van der Waals surface area contributed by atoms with Gasteiger partial charge in [-0.15, -0.1) is 0 Å². The largest absolute Gasteiger partial charge is 0.381 e. The lowest BCUT2D eigenvalue weighted by molar-refractivity contribution is -0.127. The number of hydrogen-bond acceptors (Lipinski definition) is 1. The Kier molecular flexibility index (Phi) is 3.45. The van der Waals surface area contributed by atoms with E-state index in [1.165, 1.54) is 64.2 Å². The van der Waals surface area contributed by atoms with Gasteiger partial charge < -0.3 is 4.74 Å². The van der Waals surface area contributed by atoms with Crippen LogP contribution in [0.3, 0.4) is 0 Å². The molecule has 4 rings (SSSR count). The monoisotopic (exact) mass is 290 g/mol. The highest BCUT2D eigenvalue weighted by molar-refractivity contribution is 5.09. The fourth-order valence-corrected chi connectivity index (χ4v) is 7.55. The molecular formula is C20H34O. The summed E-state index contributed by atoms with van der Waals surface area (Å²) in [5.41, 5.74) is 1.27. The van der Waals surface area contributed by atoms with Crippen LogP contribution in [0.4, 0.5) is 0 Å². The summed E-state index contributed by atoms with van der Waals surface area (Å²) < 4.78 is 5.96. The maximum absolute atomic E-state index is 5.96. The first kappa shape index (κ1) is 14.5. The van der Waals surface area contributed by atoms with Crippen LogP contribution in [-0.2, 0) is 4.74 Å². The van der Waals surface area contributed by atoms with E-state index in [0.717, 1.165) is 23.7 Å². The SMILES string of the molecule is COC1CC[C@@]2(C)CC[C@H]3[C@@H](CC[C@@H]4CCCC[C@@]43C)[C@H]12. The predicted molar refractivity (Wildman–Crippen MR) is 87.1 cm³/mol. The molecule has 0 saturated heterocycles. The van der Waals surface area contributed by atoms with Gasteiger partial charge in [-0.05, 0) is 85.9 Å². The topological polar surface area (TPSA) is 9.23 Å². The van der Waals surface area contributed by atoms with Crippen molar-refractivity contribution < 1.29 is 4.74 Å². The number of fused-ring (bicyclic) bond motifs is 5. The molecule has 0 aromatic carbocycles. The van der Waals surface area contributed by atoms with Crippen LogP contribution in [0.5, 0.6) is 0 Å². The summed E-state index contributed by atoms with van der Waals surface area (Å²) in [6.45, 7) is 5.26. The fourth-order valence-electron chi connectivity index (χ4n) is 7.55. The third-order valence-corrected chi connectivity index (χ3v) is 8.66. The molecule has 7 atom stereocenters. The summed E-state index contributed by atoms with van der Waals surface area (Å²) in [7, 11) is 1.97. The van der Waals surface area contributed by atoms with Crippen LogP contribution >= 0.6 is 0 Å². The fraction of sp³-hybridized carbons (Fsp3) is 1.00. The average Bonchev–Trinajstić information content (AvgIpc) is 2.83. The summed E-state index contributed by atoms with van der Waals surface area (Å²) in [5.74, 6) is 3.88. The van der Waals surface area contributed by atoms with Crippen LogP contribution in [-0.4, -0.2) is 13.2 Å². The van der Waals surface area contributed by atoms with Gasteiger partial charge in [0.15, 0.2) is 0 Å². The molecule has 0 N–H and O–H groups in total. The number of methoxy groups -OCH3 is 1. The zero-order valence-electron chi connectivity index (χ0n) is 14.4. The van der Waals surface area contributed by atoms with E-state index in [9.17, 15) is 0 Å². The lowest BCUT2D eigenvalue weighted by Gasteiger charge is -2.60. The molecule has 21 heavy (non-hydrogen) atoms. The molecule has 0 heterocycles. The Morgan fingerprint density at radius 3 is 2.48 bits per heavy atom. The molecular weight excluding hydrogens is 256 g/mol. The maximum atomic E-state index is 5.96. The van der Waals surface area contributed by atoms with Crippen LogP contribution in [0.15, 0.2) is 0 Å². The lowest BCUT2D eigenvalue weighted by Crippen LogP contribution is -2.53. The van der Waals surface area contributed by atoms with E-state index in [2.05, 4.69) is 13.8 Å². The Balaban J connectivity index is 1.66. The van der Waals surface area contributed by atoms with Crippen molar-refractivity contribution in [1.82, 2.24) is 0 Å². The minimum atomic E-state index is 0.562. The van der Waals surface area contributed by atoms with Gasteiger partial charge in [0.25, 0.3) is 0 Å². The quantitative estimate of drug-likeness (QED) is 0.625. The molecule has 4 fully saturated rings. The van der Waals surface area contributed by atoms with Crippen LogP contribution in [0.25, 0.3) is 0 Å². The molecule has 0 radical (unpaired) electrons. The molecule has 0 aliphatic heterocycles. The average molecular weight is 290 g/mol. The number of hydrogen-bond donors (Lipinski definition) is 0. The van der Waals surface area contributed by atoms with Crippen LogP contribution < -0.4 is 0 Å². The van der Waals surface area contributed by atoms with Crippen molar-refractivity contribution in [3.05, 3.63) is 0 Å². The summed E-state index contributed by atoms with van der Waals surface area (Å²) >= 11 is 0. The van der Waals surface area contributed by atoms with E-state index in [0.29, 0.717) is 16.9 Å². The van der Waals surface area contributed by atoms with E-state index >= 15 is 0 Å². The molecule has 0 bridgehead atoms. The van der Waals surface area contributed by atoms with Gasteiger partial charge in [-0.1, -0.05) is 26.7 Å². The smallest absolute Gasteiger partial charge is 0.0607 e.